The Morgan fingerprint density at radius 2 is 2.00 bits per heavy atom. The molecule has 0 saturated carbocycles. The number of unbranched alkanes of at least 4 members (excludes halogenated alkanes) is 1. The van der Waals surface area contributed by atoms with Crippen molar-refractivity contribution in [1.29, 1.82) is 0 Å². The second-order valence-electron chi connectivity index (χ2n) is 7.36. The number of rotatable bonds is 5. The van der Waals surface area contributed by atoms with Crippen molar-refractivity contribution in [2.24, 2.45) is 0 Å². The molecular weight excluding hydrogens is 288 g/mol. The maximum absolute atomic E-state index is 12.1. The third kappa shape index (κ3) is 5.77. The zero-order valence-electron chi connectivity index (χ0n) is 14.9. The smallest absolute Gasteiger partial charge is 0.410 e. The van der Waals surface area contributed by atoms with Crippen molar-refractivity contribution < 1.29 is 9.53 Å². The van der Waals surface area contributed by atoms with Gasteiger partial charge in [0.05, 0.1) is 0 Å². The van der Waals surface area contributed by atoms with Crippen molar-refractivity contribution in [3.05, 3.63) is 29.8 Å². The highest BCUT2D eigenvalue weighted by Gasteiger charge is 2.29. The van der Waals surface area contributed by atoms with Gasteiger partial charge in [0.15, 0.2) is 0 Å². The van der Waals surface area contributed by atoms with E-state index in [0.717, 1.165) is 25.1 Å². The van der Waals surface area contributed by atoms with E-state index >= 15 is 0 Å². The average Bonchev–Trinajstić information content (AvgIpc) is 2.93. The van der Waals surface area contributed by atoms with Gasteiger partial charge < -0.3 is 15.0 Å². The van der Waals surface area contributed by atoms with Gasteiger partial charge in [0.1, 0.15) is 5.60 Å². The highest BCUT2D eigenvalue weighted by molar-refractivity contribution is 5.68. The Labute approximate surface area is 140 Å². The maximum atomic E-state index is 12.1. The van der Waals surface area contributed by atoms with Gasteiger partial charge in [-0.2, -0.15) is 0 Å². The van der Waals surface area contributed by atoms with Crippen LogP contribution in [0, 0.1) is 0 Å². The van der Waals surface area contributed by atoms with E-state index in [1.165, 1.54) is 18.4 Å². The Bertz CT molecular complexity index is 505. The van der Waals surface area contributed by atoms with E-state index in [2.05, 4.69) is 36.5 Å². The first-order chi connectivity index (χ1) is 10.9. The van der Waals surface area contributed by atoms with Crippen LogP contribution >= 0.6 is 0 Å². The van der Waals surface area contributed by atoms with Gasteiger partial charge in [-0.15, -0.1) is 0 Å². The van der Waals surface area contributed by atoms with Crippen LogP contribution in [0.3, 0.4) is 0 Å². The lowest BCUT2D eigenvalue weighted by Gasteiger charge is -2.24. The molecule has 1 aromatic rings. The van der Waals surface area contributed by atoms with Gasteiger partial charge in [0.25, 0.3) is 0 Å². The van der Waals surface area contributed by atoms with Crippen molar-refractivity contribution in [3.8, 4) is 0 Å². The third-order valence-electron chi connectivity index (χ3n) is 3.98. The van der Waals surface area contributed by atoms with E-state index in [0.29, 0.717) is 12.6 Å². The van der Waals surface area contributed by atoms with Crippen molar-refractivity contribution in [3.63, 3.8) is 0 Å². The van der Waals surface area contributed by atoms with E-state index in [9.17, 15) is 4.79 Å². The quantitative estimate of drug-likeness (QED) is 0.872. The first-order valence-electron chi connectivity index (χ1n) is 8.71. The van der Waals surface area contributed by atoms with E-state index in [4.69, 9.17) is 4.74 Å². The van der Waals surface area contributed by atoms with Crippen LogP contribution in [0.2, 0.25) is 0 Å². The molecule has 1 atom stereocenters. The molecule has 1 fully saturated rings. The molecule has 0 bridgehead atoms. The summed E-state index contributed by atoms with van der Waals surface area (Å²) in [5.74, 6) is 0. The van der Waals surface area contributed by atoms with Gasteiger partial charge in [0.2, 0.25) is 0 Å². The molecule has 0 aromatic heterocycles. The van der Waals surface area contributed by atoms with Crippen LogP contribution in [0.1, 0.15) is 52.5 Å². The first kappa shape index (κ1) is 17.6. The lowest BCUT2D eigenvalue weighted by molar-refractivity contribution is 0.0293. The van der Waals surface area contributed by atoms with E-state index < -0.39 is 5.60 Å². The minimum absolute atomic E-state index is 0.211. The Morgan fingerprint density at radius 3 is 2.61 bits per heavy atom. The molecule has 23 heavy (non-hydrogen) atoms. The van der Waals surface area contributed by atoms with Crippen LogP contribution in [-0.2, 0) is 11.2 Å². The van der Waals surface area contributed by atoms with Crippen molar-refractivity contribution in [2.45, 2.75) is 65.0 Å². The standard InChI is InChI=1S/C19H30N2O2/c1-5-6-7-15-8-10-16(11-9-15)20-17-12-13-21(14-17)18(22)23-19(2,3)4/h8-11,17,20H,5-7,12-14H2,1-4H3. The largest absolute Gasteiger partial charge is 0.444 e. The molecule has 1 unspecified atom stereocenters. The summed E-state index contributed by atoms with van der Waals surface area (Å²) >= 11 is 0. The van der Waals surface area contributed by atoms with Crippen molar-refractivity contribution >= 4 is 11.8 Å². The highest BCUT2D eigenvalue weighted by atomic mass is 16.6. The molecule has 0 spiro atoms. The number of benzene rings is 1. The van der Waals surface area contributed by atoms with E-state index in [1.807, 2.05) is 20.8 Å². The fourth-order valence-corrected chi connectivity index (χ4v) is 2.75. The number of carbonyl (C=O) groups excluding carboxylic acids is 1. The molecule has 1 aliphatic rings. The number of anilines is 1. The van der Waals surface area contributed by atoms with Gasteiger partial charge in [-0.3, -0.25) is 0 Å². The summed E-state index contributed by atoms with van der Waals surface area (Å²) in [7, 11) is 0. The summed E-state index contributed by atoms with van der Waals surface area (Å²) in [5, 5.41) is 3.52. The van der Waals surface area contributed by atoms with Crippen molar-refractivity contribution in [2.75, 3.05) is 18.4 Å². The number of nitrogens with one attached hydrogen (secondary N) is 1. The van der Waals surface area contributed by atoms with Crippen LogP contribution in [0.15, 0.2) is 24.3 Å². The van der Waals surface area contributed by atoms with Crippen LogP contribution in [0.25, 0.3) is 0 Å². The van der Waals surface area contributed by atoms with Gasteiger partial charge >= 0.3 is 6.09 Å². The number of ether oxygens (including phenoxy) is 1. The Balaban J connectivity index is 1.82. The summed E-state index contributed by atoms with van der Waals surface area (Å²) in [5.41, 5.74) is 2.08. The average molecular weight is 318 g/mol. The number of nitrogens with zero attached hydrogens (tertiary/aromatic N) is 1. The molecule has 4 heteroatoms. The zero-order chi connectivity index (χ0) is 16.9. The summed E-state index contributed by atoms with van der Waals surface area (Å²) < 4.78 is 5.43. The van der Waals surface area contributed by atoms with Crippen LogP contribution < -0.4 is 5.32 Å². The lowest BCUT2D eigenvalue weighted by atomic mass is 10.1. The summed E-state index contributed by atoms with van der Waals surface area (Å²) in [6.45, 7) is 9.37. The predicted molar refractivity (Wildman–Crippen MR) is 94.9 cm³/mol. The molecule has 1 heterocycles. The number of likely N-dealkylation sites (tertiary alicyclic amines) is 1. The summed E-state index contributed by atoms with van der Waals surface area (Å²) in [6.07, 6.45) is 4.35. The second-order valence-corrected chi connectivity index (χ2v) is 7.36. The number of aryl methyl sites for hydroxylation is 1. The van der Waals surface area contributed by atoms with E-state index in [1.54, 1.807) is 4.90 Å². The Morgan fingerprint density at radius 1 is 1.30 bits per heavy atom. The molecule has 0 aliphatic carbocycles. The first-order valence-corrected chi connectivity index (χ1v) is 8.71. The molecule has 1 saturated heterocycles. The molecular formula is C19H30N2O2. The van der Waals surface area contributed by atoms with E-state index in [-0.39, 0.29) is 6.09 Å². The van der Waals surface area contributed by atoms with Crippen LogP contribution in [-0.4, -0.2) is 35.7 Å². The molecule has 1 amide bonds. The number of hydrogen-bond donors (Lipinski definition) is 1. The molecule has 4 nitrogen and oxygen atoms in total. The minimum Gasteiger partial charge on any atom is -0.444 e. The van der Waals surface area contributed by atoms with Crippen molar-refractivity contribution in [1.82, 2.24) is 4.90 Å². The molecule has 128 valence electrons. The molecule has 1 aliphatic heterocycles. The molecule has 1 aromatic carbocycles. The SMILES string of the molecule is CCCCc1ccc(NC2CCN(C(=O)OC(C)(C)C)C2)cc1. The van der Waals surface area contributed by atoms with Crippen LogP contribution in [0.5, 0.6) is 0 Å². The normalized spacial score (nSPS) is 18.1. The summed E-state index contributed by atoms with van der Waals surface area (Å²) in [4.78, 5) is 13.9. The fraction of sp³-hybridized carbons (Fsp3) is 0.632. The van der Waals surface area contributed by atoms with Gasteiger partial charge in [-0.25, -0.2) is 4.79 Å². The Hall–Kier alpha value is -1.71. The molecule has 0 radical (unpaired) electrons. The number of amides is 1. The van der Waals surface area contributed by atoms with Crippen LogP contribution in [0.4, 0.5) is 10.5 Å². The predicted octanol–water partition coefficient (Wildman–Crippen LogP) is 4.45. The number of carbonyl (C=O) groups is 1. The van der Waals surface area contributed by atoms with Gasteiger partial charge in [0, 0.05) is 24.8 Å². The van der Waals surface area contributed by atoms with Gasteiger partial charge in [-0.05, 0) is 57.7 Å². The zero-order valence-corrected chi connectivity index (χ0v) is 14.9. The minimum atomic E-state index is -0.434. The van der Waals surface area contributed by atoms with Gasteiger partial charge in [-0.1, -0.05) is 25.5 Å². The fourth-order valence-electron chi connectivity index (χ4n) is 2.75. The maximum Gasteiger partial charge on any atom is 0.410 e. The monoisotopic (exact) mass is 318 g/mol. The second kappa shape index (κ2) is 7.71. The third-order valence-corrected chi connectivity index (χ3v) is 3.98. The Kier molecular flexibility index (Phi) is 5.91. The number of hydrogen-bond acceptors (Lipinski definition) is 3. The lowest BCUT2D eigenvalue weighted by Crippen LogP contribution is -2.36. The highest BCUT2D eigenvalue weighted by Crippen LogP contribution is 2.19. The topological polar surface area (TPSA) is 41.6 Å². The molecule has 1 N–H and O–H groups in total. The molecule has 2 rings (SSSR count). The summed E-state index contributed by atoms with van der Waals surface area (Å²) in [6, 6.07) is 8.96.